The molecule has 2 rings (SSSR count). The summed E-state index contributed by atoms with van der Waals surface area (Å²) in [5.74, 6) is -0.797. The number of hydrogen-bond acceptors (Lipinski definition) is 4. The molecule has 3 N–H and O–H groups in total. The van der Waals surface area contributed by atoms with E-state index >= 15 is 0 Å². The zero-order valence-electron chi connectivity index (χ0n) is 11.1. The SMILES string of the molecule is Cc1ccc(Cl)c2ccc(NCC(C)(O)C(=O)O)nc12. The van der Waals surface area contributed by atoms with Crippen LogP contribution in [-0.4, -0.2) is 33.3 Å². The minimum absolute atomic E-state index is 0.138. The number of rotatable bonds is 4. The number of carboxylic acids is 1. The number of aliphatic carboxylic acids is 1. The van der Waals surface area contributed by atoms with Gasteiger partial charge in [0.1, 0.15) is 5.82 Å². The Morgan fingerprint density at radius 3 is 2.75 bits per heavy atom. The second-order valence-corrected chi connectivity index (χ2v) is 5.30. The Morgan fingerprint density at radius 1 is 1.40 bits per heavy atom. The fraction of sp³-hybridized carbons (Fsp3) is 0.286. The highest BCUT2D eigenvalue weighted by Crippen LogP contribution is 2.26. The monoisotopic (exact) mass is 294 g/mol. The van der Waals surface area contributed by atoms with Gasteiger partial charge < -0.3 is 15.5 Å². The molecule has 1 aromatic heterocycles. The van der Waals surface area contributed by atoms with Crippen LogP contribution < -0.4 is 5.32 Å². The fourth-order valence-electron chi connectivity index (χ4n) is 1.76. The van der Waals surface area contributed by atoms with Crippen LogP contribution in [0.1, 0.15) is 12.5 Å². The lowest BCUT2D eigenvalue weighted by atomic mass is 10.1. The maximum Gasteiger partial charge on any atom is 0.337 e. The van der Waals surface area contributed by atoms with E-state index in [-0.39, 0.29) is 6.54 Å². The Labute approximate surface area is 121 Å². The van der Waals surface area contributed by atoms with Gasteiger partial charge in [0.15, 0.2) is 5.60 Å². The number of benzene rings is 1. The highest BCUT2D eigenvalue weighted by atomic mass is 35.5. The van der Waals surface area contributed by atoms with Crippen LogP contribution in [0.5, 0.6) is 0 Å². The number of anilines is 1. The molecule has 0 saturated carbocycles. The maximum atomic E-state index is 10.8. The van der Waals surface area contributed by atoms with Crippen molar-refractivity contribution in [1.82, 2.24) is 4.98 Å². The van der Waals surface area contributed by atoms with E-state index in [1.165, 1.54) is 6.92 Å². The number of fused-ring (bicyclic) bond motifs is 1. The van der Waals surface area contributed by atoms with Crippen LogP contribution in [0.3, 0.4) is 0 Å². The normalized spacial score (nSPS) is 14.0. The predicted molar refractivity (Wildman–Crippen MR) is 78.2 cm³/mol. The summed E-state index contributed by atoms with van der Waals surface area (Å²) in [6.07, 6.45) is 0. The molecule has 6 heteroatoms. The number of nitrogens with one attached hydrogen (secondary N) is 1. The summed E-state index contributed by atoms with van der Waals surface area (Å²) < 4.78 is 0. The van der Waals surface area contributed by atoms with Crippen molar-refractivity contribution in [3.63, 3.8) is 0 Å². The molecule has 0 fully saturated rings. The third kappa shape index (κ3) is 2.84. The largest absolute Gasteiger partial charge is 0.479 e. The van der Waals surface area contributed by atoms with Crippen molar-refractivity contribution in [1.29, 1.82) is 0 Å². The first-order valence-corrected chi connectivity index (χ1v) is 6.44. The number of aliphatic hydroxyl groups is 1. The standard InChI is InChI=1S/C14H15ClN2O3/c1-8-3-5-10(15)9-4-6-11(17-12(8)9)16-7-14(2,20)13(18)19/h3-6,20H,7H2,1-2H3,(H,16,17)(H,18,19). The first kappa shape index (κ1) is 14.6. The van der Waals surface area contributed by atoms with E-state index in [0.717, 1.165) is 16.5 Å². The molecule has 0 bridgehead atoms. The van der Waals surface area contributed by atoms with Gasteiger partial charge in [0.05, 0.1) is 12.1 Å². The van der Waals surface area contributed by atoms with Crippen LogP contribution in [-0.2, 0) is 4.79 Å². The van der Waals surface area contributed by atoms with Gasteiger partial charge in [-0.1, -0.05) is 17.7 Å². The van der Waals surface area contributed by atoms with Crippen molar-refractivity contribution in [2.24, 2.45) is 0 Å². The van der Waals surface area contributed by atoms with Gasteiger partial charge in [-0.05, 0) is 37.6 Å². The molecule has 0 spiro atoms. The minimum Gasteiger partial charge on any atom is -0.479 e. The average Bonchev–Trinajstić information content (AvgIpc) is 2.41. The average molecular weight is 295 g/mol. The lowest BCUT2D eigenvalue weighted by Crippen LogP contribution is -2.41. The van der Waals surface area contributed by atoms with Crippen molar-refractivity contribution >= 4 is 34.3 Å². The lowest BCUT2D eigenvalue weighted by Gasteiger charge is -2.18. The maximum absolute atomic E-state index is 10.8. The van der Waals surface area contributed by atoms with E-state index in [2.05, 4.69) is 10.3 Å². The molecule has 20 heavy (non-hydrogen) atoms. The van der Waals surface area contributed by atoms with E-state index in [1.54, 1.807) is 6.07 Å². The quantitative estimate of drug-likeness (QED) is 0.807. The molecule has 0 aliphatic heterocycles. The summed E-state index contributed by atoms with van der Waals surface area (Å²) in [6, 6.07) is 7.19. The third-order valence-electron chi connectivity index (χ3n) is 3.08. The van der Waals surface area contributed by atoms with E-state index in [0.29, 0.717) is 10.8 Å². The molecule has 0 saturated heterocycles. The van der Waals surface area contributed by atoms with Gasteiger partial charge in [-0.3, -0.25) is 0 Å². The fourth-order valence-corrected chi connectivity index (χ4v) is 1.97. The second kappa shape index (κ2) is 5.26. The van der Waals surface area contributed by atoms with E-state index < -0.39 is 11.6 Å². The van der Waals surface area contributed by atoms with Crippen LogP contribution in [0.15, 0.2) is 24.3 Å². The third-order valence-corrected chi connectivity index (χ3v) is 3.41. The minimum atomic E-state index is -1.85. The Bertz CT molecular complexity index is 671. The molecule has 106 valence electrons. The number of aryl methyl sites for hydroxylation is 1. The van der Waals surface area contributed by atoms with E-state index in [1.807, 2.05) is 25.1 Å². The lowest BCUT2D eigenvalue weighted by molar-refractivity contribution is -0.155. The van der Waals surface area contributed by atoms with Gasteiger partial charge in [-0.2, -0.15) is 0 Å². The van der Waals surface area contributed by atoms with Crippen molar-refractivity contribution in [3.8, 4) is 0 Å². The van der Waals surface area contributed by atoms with Crippen molar-refractivity contribution in [2.75, 3.05) is 11.9 Å². The zero-order valence-corrected chi connectivity index (χ0v) is 11.9. The molecule has 1 unspecified atom stereocenters. The first-order valence-electron chi connectivity index (χ1n) is 6.07. The molecule has 0 aliphatic rings. The molecule has 0 radical (unpaired) electrons. The summed E-state index contributed by atoms with van der Waals surface area (Å²) in [5, 5.41) is 22.8. The Morgan fingerprint density at radius 2 is 2.10 bits per heavy atom. The van der Waals surface area contributed by atoms with E-state index in [9.17, 15) is 9.90 Å². The molecule has 1 heterocycles. The van der Waals surface area contributed by atoms with Gasteiger partial charge in [0.2, 0.25) is 0 Å². The predicted octanol–water partition coefficient (Wildman–Crippen LogP) is 2.44. The Hall–Kier alpha value is -1.85. The molecule has 1 atom stereocenters. The molecule has 2 aromatic rings. The van der Waals surface area contributed by atoms with Crippen LogP contribution in [0, 0.1) is 6.92 Å². The number of halogens is 1. The topological polar surface area (TPSA) is 82.5 Å². The second-order valence-electron chi connectivity index (χ2n) is 4.89. The molecular formula is C14H15ClN2O3. The molecule has 0 amide bonds. The Kier molecular flexibility index (Phi) is 3.83. The smallest absolute Gasteiger partial charge is 0.337 e. The van der Waals surface area contributed by atoms with Gasteiger partial charge >= 0.3 is 5.97 Å². The number of hydrogen-bond donors (Lipinski definition) is 3. The molecule has 1 aromatic carbocycles. The van der Waals surface area contributed by atoms with Gasteiger partial charge in [-0.15, -0.1) is 0 Å². The van der Waals surface area contributed by atoms with Gasteiger partial charge in [-0.25, -0.2) is 9.78 Å². The summed E-state index contributed by atoms with van der Waals surface area (Å²) in [5.41, 5.74) is -0.129. The van der Waals surface area contributed by atoms with Crippen LogP contribution >= 0.6 is 11.6 Å². The van der Waals surface area contributed by atoms with Crippen LogP contribution in [0.2, 0.25) is 5.02 Å². The first-order chi connectivity index (χ1) is 9.31. The van der Waals surface area contributed by atoms with Gasteiger partial charge in [0, 0.05) is 10.4 Å². The number of carboxylic acid groups (broad SMARTS) is 1. The highest BCUT2D eigenvalue weighted by Gasteiger charge is 2.29. The number of pyridine rings is 1. The zero-order chi connectivity index (χ0) is 14.9. The number of nitrogens with zero attached hydrogens (tertiary/aromatic N) is 1. The Balaban J connectivity index is 2.29. The van der Waals surface area contributed by atoms with Crippen molar-refractivity contribution < 1.29 is 15.0 Å². The number of aromatic nitrogens is 1. The van der Waals surface area contributed by atoms with E-state index in [4.69, 9.17) is 16.7 Å². The molecular weight excluding hydrogens is 280 g/mol. The van der Waals surface area contributed by atoms with Crippen LogP contribution in [0.4, 0.5) is 5.82 Å². The van der Waals surface area contributed by atoms with Crippen molar-refractivity contribution in [3.05, 3.63) is 34.9 Å². The molecule has 0 aliphatic carbocycles. The summed E-state index contributed by atoms with van der Waals surface area (Å²) in [4.78, 5) is 15.2. The highest BCUT2D eigenvalue weighted by molar-refractivity contribution is 6.35. The summed E-state index contributed by atoms with van der Waals surface area (Å²) in [6.45, 7) is 3.01. The summed E-state index contributed by atoms with van der Waals surface area (Å²) >= 11 is 6.09. The molecule has 5 nitrogen and oxygen atoms in total. The summed E-state index contributed by atoms with van der Waals surface area (Å²) in [7, 11) is 0. The van der Waals surface area contributed by atoms with Crippen molar-refractivity contribution in [2.45, 2.75) is 19.4 Å². The van der Waals surface area contributed by atoms with Gasteiger partial charge in [0.25, 0.3) is 0 Å². The van der Waals surface area contributed by atoms with Crippen LogP contribution in [0.25, 0.3) is 10.9 Å². The number of carbonyl (C=O) groups is 1.